The lowest BCUT2D eigenvalue weighted by Gasteiger charge is -2.20. The molecule has 0 aromatic heterocycles. The Hall–Kier alpha value is -3.26. The number of thioether (sulfide) groups is 2. The summed E-state index contributed by atoms with van der Waals surface area (Å²) in [4.78, 5) is 52.7. The number of thiocarbonyl (C=S) groups is 1. The topological polar surface area (TPSA) is 118 Å². The van der Waals surface area contributed by atoms with Gasteiger partial charge in [-0.15, -0.1) is 12.6 Å². The number of allylic oxidation sites excluding steroid dienone is 2. The van der Waals surface area contributed by atoms with Crippen molar-refractivity contribution in [2.45, 2.75) is 4.90 Å². The Labute approximate surface area is 230 Å². The van der Waals surface area contributed by atoms with Crippen LogP contribution in [0.1, 0.15) is 0 Å². The van der Waals surface area contributed by atoms with Crippen LogP contribution in [0.3, 0.4) is 0 Å². The smallest absolute Gasteiger partial charge is 0.323 e. The van der Waals surface area contributed by atoms with Crippen LogP contribution in [0.5, 0.6) is 0 Å². The summed E-state index contributed by atoms with van der Waals surface area (Å²) in [6.07, 6.45) is 4.42. The molecule has 0 saturated carbocycles. The molecule has 1 saturated heterocycles. The number of carbonyl (C=O) groups is 4. The molecule has 4 rings (SSSR count). The Morgan fingerprint density at radius 1 is 1.11 bits per heavy atom. The Bertz CT molecular complexity index is 1450. The van der Waals surface area contributed by atoms with E-state index in [0.29, 0.717) is 0 Å². The van der Waals surface area contributed by atoms with Gasteiger partial charge in [-0.05, 0) is 17.5 Å². The lowest BCUT2D eigenvalue weighted by atomic mass is 10.1. The van der Waals surface area contributed by atoms with E-state index in [2.05, 4.69) is 18.7 Å². The molecule has 0 bridgehead atoms. The van der Waals surface area contributed by atoms with Crippen LogP contribution in [-0.4, -0.2) is 68.2 Å². The van der Waals surface area contributed by atoms with Crippen LogP contribution in [0.4, 0.5) is 5.69 Å². The van der Waals surface area contributed by atoms with E-state index in [-0.39, 0.29) is 14.3 Å². The number of hydrogen-bond donors (Lipinski definition) is 3. The van der Waals surface area contributed by atoms with E-state index in [1.807, 2.05) is 42.3 Å². The predicted molar refractivity (Wildman–Crippen MR) is 150 cm³/mol. The SMILES string of the molecule is CN1C(=CC=CC(=O)N(CC(=O)O)/C(S)=C2\SC(=S)N(CC(=O)O)C2=O)Sc2ccc3ccccc3c21. The number of hydrogen-bond acceptors (Lipinski definition) is 9. The quantitative estimate of drug-likeness (QED) is 0.257. The lowest BCUT2D eigenvalue weighted by molar-refractivity contribution is -0.141. The van der Waals surface area contributed by atoms with Gasteiger partial charge in [0.1, 0.15) is 22.3 Å². The first-order valence-electron chi connectivity index (χ1n) is 10.6. The van der Waals surface area contributed by atoms with E-state index in [1.165, 1.54) is 23.9 Å². The molecule has 2 N–H and O–H groups in total. The van der Waals surface area contributed by atoms with Crippen molar-refractivity contribution in [3.8, 4) is 0 Å². The summed E-state index contributed by atoms with van der Waals surface area (Å²) in [5, 5.41) is 21.2. The molecule has 0 spiro atoms. The number of carboxylic acid groups (broad SMARTS) is 2. The van der Waals surface area contributed by atoms with E-state index < -0.39 is 36.8 Å². The van der Waals surface area contributed by atoms with Gasteiger partial charge in [-0.2, -0.15) is 0 Å². The van der Waals surface area contributed by atoms with Crippen molar-refractivity contribution >= 4 is 92.9 Å². The highest BCUT2D eigenvalue weighted by Gasteiger charge is 2.37. The molecule has 0 aliphatic carbocycles. The molecule has 0 atom stereocenters. The number of nitrogens with zero attached hydrogens (tertiary/aromatic N) is 3. The molecular formula is C24H19N3O6S4. The number of carbonyl (C=O) groups excluding carboxylic acids is 2. The third kappa shape index (κ3) is 5.54. The maximum absolute atomic E-state index is 13.0. The van der Waals surface area contributed by atoms with Crippen LogP contribution in [-0.2, 0) is 19.2 Å². The molecule has 2 aliphatic heterocycles. The van der Waals surface area contributed by atoms with Crippen LogP contribution in [0.2, 0.25) is 0 Å². The summed E-state index contributed by atoms with van der Waals surface area (Å²) in [5.41, 5.74) is 1.06. The summed E-state index contributed by atoms with van der Waals surface area (Å²) in [6, 6.07) is 12.1. The molecule has 1 fully saturated rings. The number of fused-ring (bicyclic) bond motifs is 3. The molecule has 0 unspecified atom stereocenters. The Morgan fingerprint density at radius 2 is 1.84 bits per heavy atom. The summed E-state index contributed by atoms with van der Waals surface area (Å²) >= 11 is 11.6. The van der Waals surface area contributed by atoms with Crippen molar-refractivity contribution in [3.05, 3.63) is 69.6 Å². The molecule has 2 aromatic carbocycles. The van der Waals surface area contributed by atoms with Crippen LogP contribution in [0.15, 0.2) is 74.5 Å². The van der Waals surface area contributed by atoms with Gasteiger partial charge in [0.15, 0.2) is 0 Å². The van der Waals surface area contributed by atoms with Crippen molar-refractivity contribution in [1.82, 2.24) is 9.80 Å². The number of aliphatic carboxylic acids is 2. The zero-order valence-electron chi connectivity index (χ0n) is 19.2. The predicted octanol–water partition coefficient (Wildman–Crippen LogP) is 3.74. The number of rotatable bonds is 7. The molecule has 190 valence electrons. The minimum Gasteiger partial charge on any atom is -0.480 e. The van der Waals surface area contributed by atoms with E-state index >= 15 is 0 Å². The first-order chi connectivity index (χ1) is 17.6. The molecule has 9 nitrogen and oxygen atoms in total. The first kappa shape index (κ1) is 26.8. The maximum atomic E-state index is 13.0. The highest BCUT2D eigenvalue weighted by molar-refractivity contribution is 8.27. The Kier molecular flexibility index (Phi) is 7.97. The van der Waals surface area contributed by atoms with Crippen LogP contribution < -0.4 is 4.90 Å². The molecule has 2 amide bonds. The fourth-order valence-corrected chi connectivity index (χ4v) is 6.43. The Morgan fingerprint density at radius 3 is 2.54 bits per heavy atom. The number of anilines is 1. The summed E-state index contributed by atoms with van der Waals surface area (Å²) in [5.74, 6) is -4.06. The van der Waals surface area contributed by atoms with Gasteiger partial charge in [0.25, 0.3) is 11.8 Å². The molecule has 0 radical (unpaired) electrons. The van der Waals surface area contributed by atoms with E-state index in [1.54, 1.807) is 6.08 Å². The largest absolute Gasteiger partial charge is 0.480 e. The number of thiol groups is 1. The zero-order valence-corrected chi connectivity index (χ0v) is 22.5. The average Bonchev–Trinajstić information content (AvgIpc) is 3.32. The van der Waals surface area contributed by atoms with Gasteiger partial charge in [0.05, 0.1) is 15.7 Å². The summed E-state index contributed by atoms with van der Waals surface area (Å²) < 4.78 is -0.0228. The zero-order chi connectivity index (χ0) is 26.9. The third-order valence-corrected chi connectivity index (χ3v) is 8.60. The van der Waals surface area contributed by atoms with Crippen LogP contribution in [0.25, 0.3) is 10.8 Å². The fraction of sp³-hybridized carbons (Fsp3) is 0.125. The Balaban J connectivity index is 1.57. The maximum Gasteiger partial charge on any atom is 0.323 e. The van der Waals surface area contributed by atoms with Gasteiger partial charge in [-0.3, -0.25) is 29.0 Å². The second-order valence-corrected chi connectivity index (χ2v) is 10.9. The minimum absolute atomic E-state index is 0.0228. The van der Waals surface area contributed by atoms with E-state index in [4.69, 9.17) is 17.3 Å². The summed E-state index contributed by atoms with van der Waals surface area (Å²) in [6.45, 7) is -1.41. The highest BCUT2D eigenvalue weighted by atomic mass is 32.2. The van der Waals surface area contributed by atoms with Crippen molar-refractivity contribution in [1.29, 1.82) is 0 Å². The lowest BCUT2D eigenvalue weighted by Crippen LogP contribution is -2.35. The van der Waals surface area contributed by atoms with Crippen molar-refractivity contribution in [3.63, 3.8) is 0 Å². The van der Waals surface area contributed by atoms with Gasteiger partial charge in [-0.1, -0.05) is 72.1 Å². The molecule has 2 aromatic rings. The van der Waals surface area contributed by atoms with Gasteiger partial charge >= 0.3 is 11.9 Å². The monoisotopic (exact) mass is 573 g/mol. The molecule has 13 heteroatoms. The average molecular weight is 574 g/mol. The van der Waals surface area contributed by atoms with Gasteiger partial charge in [0, 0.05) is 23.4 Å². The van der Waals surface area contributed by atoms with Gasteiger partial charge in [0.2, 0.25) is 0 Å². The second kappa shape index (κ2) is 11.0. The van der Waals surface area contributed by atoms with Crippen molar-refractivity contribution in [2.24, 2.45) is 0 Å². The fourth-order valence-electron chi connectivity index (χ4n) is 3.72. The van der Waals surface area contributed by atoms with Crippen molar-refractivity contribution in [2.75, 3.05) is 25.0 Å². The van der Waals surface area contributed by atoms with E-state index in [0.717, 1.165) is 47.9 Å². The number of benzene rings is 2. The molecular weight excluding hydrogens is 555 g/mol. The van der Waals surface area contributed by atoms with Crippen molar-refractivity contribution < 1.29 is 29.4 Å². The van der Waals surface area contributed by atoms with Gasteiger partial charge < -0.3 is 15.1 Å². The number of amides is 2. The second-order valence-electron chi connectivity index (χ2n) is 7.78. The number of carboxylic acids is 2. The minimum atomic E-state index is -1.32. The summed E-state index contributed by atoms with van der Waals surface area (Å²) in [7, 11) is 1.93. The molecule has 2 aliphatic rings. The van der Waals surface area contributed by atoms with Gasteiger partial charge in [-0.25, -0.2) is 0 Å². The molecule has 2 heterocycles. The van der Waals surface area contributed by atoms with Crippen LogP contribution in [0, 0.1) is 0 Å². The highest BCUT2D eigenvalue weighted by Crippen LogP contribution is 2.48. The van der Waals surface area contributed by atoms with E-state index in [9.17, 15) is 24.3 Å². The third-order valence-electron chi connectivity index (χ3n) is 5.38. The standard InChI is InChI=1S/C24H19N3O6S4/c1-25-17(36-15-10-9-13-5-2-3-6-14(13)20(15)25)8-4-7-16(28)26(11-18(29)30)23(34)21-22(33)27(12-19(31)32)24(35)37-21/h2-10,34H,11-12H2,1H3,(H,29,30)(H,31,32)/b7-4?,17-8?,23-21+. The van der Waals surface area contributed by atoms with Crippen LogP contribution >= 0.6 is 48.4 Å². The molecule has 37 heavy (non-hydrogen) atoms. The normalized spacial score (nSPS) is 17.7. The first-order valence-corrected chi connectivity index (χ1v) is 13.1.